The Balaban J connectivity index is 2.45. The Hall–Kier alpha value is -2.01. The van der Waals surface area contributed by atoms with Crippen LogP contribution in [0.2, 0.25) is 0 Å². The Morgan fingerprint density at radius 3 is 2.67 bits per heavy atom. The van der Waals surface area contributed by atoms with E-state index in [9.17, 15) is 4.79 Å². The minimum atomic E-state index is -0.144. The molecule has 21 heavy (non-hydrogen) atoms. The van der Waals surface area contributed by atoms with Gasteiger partial charge in [0, 0.05) is 5.56 Å². The number of rotatable bonds is 5. The molecule has 5 heteroatoms. The van der Waals surface area contributed by atoms with Crippen molar-refractivity contribution < 1.29 is 14.3 Å². The van der Waals surface area contributed by atoms with E-state index >= 15 is 0 Å². The molecule has 0 spiro atoms. The van der Waals surface area contributed by atoms with Gasteiger partial charge in [-0.15, -0.1) is 0 Å². The molecule has 0 aliphatic carbocycles. The third-order valence-corrected chi connectivity index (χ3v) is 3.61. The summed E-state index contributed by atoms with van der Waals surface area (Å²) < 4.78 is 11.4. The highest BCUT2D eigenvalue weighted by Gasteiger charge is 2.17. The monoisotopic (exact) mass is 349 g/mol. The number of ether oxygens (including phenoxy) is 2. The van der Waals surface area contributed by atoms with E-state index in [2.05, 4.69) is 15.9 Å². The maximum Gasteiger partial charge on any atom is 0.196 e. The summed E-state index contributed by atoms with van der Waals surface area (Å²) in [6.07, 6.45) is 0. The molecule has 0 amide bonds. The van der Waals surface area contributed by atoms with Crippen molar-refractivity contribution in [1.82, 2.24) is 0 Å². The normalized spacial score (nSPS) is 10.2. The van der Waals surface area contributed by atoms with E-state index in [0.717, 1.165) is 4.47 Å². The Kier molecular flexibility index (Phi) is 4.85. The number of nitrogens with two attached hydrogens (primary N) is 1. The van der Waals surface area contributed by atoms with Crippen LogP contribution in [-0.4, -0.2) is 19.5 Å². The quantitative estimate of drug-likeness (QED) is 0.660. The molecule has 2 N–H and O–H groups in total. The van der Waals surface area contributed by atoms with Crippen LogP contribution in [0.1, 0.15) is 22.8 Å². The first-order chi connectivity index (χ1) is 10.1. The van der Waals surface area contributed by atoms with Crippen molar-refractivity contribution in [3.63, 3.8) is 0 Å². The molecule has 0 atom stereocenters. The Morgan fingerprint density at radius 2 is 2.05 bits per heavy atom. The van der Waals surface area contributed by atoms with Gasteiger partial charge in [-0.25, -0.2) is 0 Å². The molecule has 0 heterocycles. The summed E-state index contributed by atoms with van der Waals surface area (Å²) in [5.74, 6) is 0.954. The van der Waals surface area contributed by atoms with Crippen molar-refractivity contribution in [2.45, 2.75) is 6.92 Å². The van der Waals surface area contributed by atoms with Crippen molar-refractivity contribution in [2.24, 2.45) is 0 Å². The summed E-state index contributed by atoms with van der Waals surface area (Å²) in [7, 11) is 1.58. The van der Waals surface area contributed by atoms with Crippen LogP contribution in [-0.2, 0) is 0 Å². The number of methoxy groups -OCH3 is 1. The second kappa shape index (κ2) is 6.63. The maximum absolute atomic E-state index is 12.6. The first-order valence-corrected chi connectivity index (χ1v) is 7.27. The number of carbonyl (C=O) groups excluding carboxylic acids is 1. The standard InChI is InChI=1S/C16H16BrNO3/c1-3-21-16-11(5-4-6-13(16)18)15(19)10-7-8-14(20-2)12(17)9-10/h4-9H,3,18H2,1-2H3. The number of ketones is 1. The zero-order chi connectivity index (χ0) is 15.4. The van der Waals surface area contributed by atoms with Crippen LogP contribution in [0, 0.1) is 0 Å². The van der Waals surface area contributed by atoms with Gasteiger partial charge in [0.1, 0.15) is 5.75 Å². The first-order valence-electron chi connectivity index (χ1n) is 6.48. The van der Waals surface area contributed by atoms with Crippen molar-refractivity contribution in [3.8, 4) is 11.5 Å². The second-order valence-corrected chi connectivity index (χ2v) is 5.19. The largest absolute Gasteiger partial charge is 0.496 e. The molecule has 0 unspecified atom stereocenters. The molecule has 0 aliphatic rings. The Morgan fingerprint density at radius 1 is 1.29 bits per heavy atom. The van der Waals surface area contributed by atoms with Crippen LogP contribution < -0.4 is 15.2 Å². The average molecular weight is 350 g/mol. The van der Waals surface area contributed by atoms with Gasteiger partial charge in [0.05, 0.1) is 29.4 Å². The van der Waals surface area contributed by atoms with Crippen LogP contribution in [0.25, 0.3) is 0 Å². The molecule has 0 bridgehead atoms. The third kappa shape index (κ3) is 3.19. The number of benzene rings is 2. The third-order valence-electron chi connectivity index (χ3n) is 2.99. The van der Waals surface area contributed by atoms with Gasteiger partial charge >= 0.3 is 0 Å². The number of anilines is 1. The number of nitrogen functional groups attached to an aromatic ring is 1. The lowest BCUT2D eigenvalue weighted by atomic mass is 10.0. The fourth-order valence-corrected chi connectivity index (χ4v) is 2.54. The maximum atomic E-state index is 12.6. The second-order valence-electron chi connectivity index (χ2n) is 4.34. The molecule has 0 radical (unpaired) electrons. The van der Waals surface area contributed by atoms with Crippen molar-refractivity contribution in [3.05, 3.63) is 52.0 Å². The number of hydrogen-bond donors (Lipinski definition) is 1. The van der Waals surface area contributed by atoms with E-state index in [0.29, 0.717) is 34.9 Å². The predicted molar refractivity (Wildman–Crippen MR) is 86.1 cm³/mol. The number of halogens is 1. The molecule has 0 fully saturated rings. The summed E-state index contributed by atoms with van der Waals surface area (Å²) in [5, 5.41) is 0. The van der Waals surface area contributed by atoms with E-state index in [1.54, 1.807) is 43.5 Å². The number of para-hydroxylation sites is 1. The van der Waals surface area contributed by atoms with E-state index in [1.807, 2.05) is 6.92 Å². The van der Waals surface area contributed by atoms with Crippen LogP contribution in [0.15, 0.2) is 40.9 Å². The molecule has 2 rings (SSSR count). The minimum Gasteiger partial charge on any atom is -0.496 e. The molecule has 0 saturated heterocycles. The van der Waals surface area contributed by atoms with Gasteiger partial charge in [-0.3, -0.25) is 4.79 Å². The topological polar surface area (TPSA) is 61.5 Å². The van der Waals surface area contributed by atoms with Crippen LogP contribution >= 0.6 is 15.9 Å². The average Bonchev–Trinajstić information content (AvgIpc) is 2.48. The SMILES string of the molecule is CCOc1c(N)cccc1C(=O)c1ccc(OC)c(Br)c1. The summed E-state index contributed by atoms with van der Waals surface area (Å²) in [6, 6.07) is 10.3. The fourth-order valence-electron chi connectivity index (χ4n) is 2.00. The lowest BCUT2D eigenvalue weighted by molar-refractivity contribution is 0.103. The molecule has 0 aliphatic heterocycles. The number of hydrogen-bond acceptors (Lipinski definition) is 4. The first kappa shape index (κ1) is 15.4. The lowest BCUT2D eigenvalue weighted by Gasteiger charge is -2.12. The smallest absolute Gasteiger partial charge is 0.196 e. The highest BCUT2D eigenvalue weighted by Crippen LogP contribution is 2.31. The number of carbonyl (C=O) groups is 1. The summed E-state index contributed by atoms with van der Waals surface area (Å²) in [5.41, 5.74) is 7.34. The van der Waals surface area contributed by atoms with Gasteiger partial charge < -0.3 is 15.2 Å². The zero-order valence-electron chi connectivity index (χ0n) is 11.9. The van der Waals surface area contributed by atoms with E-state index in [1.165, 1.54) is 0 Å². The van der Waals surface area contributed by atoms with Gasteiger partial charge in [-0.1, -0.05) is 6.07 Å². The van der Waals surface area contributed by atoms with Gasteiger partial charge in [0.2, 0.25) is 0 Å². The van der Waals surface area contributed by atoms with Gasteiger partial charge in [-0.2, -0.15) is 0 Å². The predicted octanol–water partition coefficient (Wildman–Crippen LogP) is 3.67. The van der Waals surface area contributed by atoms with E-state index in [4.69, 9.17) is 15.2 Å². The fraction of sp³-hybridized carbons (Fsp3) is 0.188. The Bertz CT molecular complexity index is 671. The van der Waals surface area contributed by atoms with Crippen LogP contribution in [0.5, 0.6) is 11.5 Å². The highest BCUT2D eigenvalue weighted by molar-refractivity contribution is 9.10. The molecule has 0 aromatic heterocycles. The zero-order valence-corrected chi connectivity index (χ0v) is 13.4. The van der Waals surface area contributed by atoms with Crippen molar-refractivity contribution in [2.75, 3.05) is 19.5 Å². The van der Waals surface area contributed by atoms with Crippen LogP contribution in [0.4, 0.5) is 5.69 Å². The van der Waals surface area contributed by atoms with Crippen molar-refractivity contribution in [1.29, 1.82) is 0 Å². The molecule has 2 aromatic carbocycles. The van der Waals surface area contributed by atoms with Crippen LogP contribution in [0.3, 0.4) is 0 Å². The highest BCUT2D eigenvalue weighted by atomic mass is 79.9. The molecule has 2 aromatic rings. The van der Waals surface area contributed by atoms with Crippen molar-refractivity contribution >= 4 is 27.4 Å². The summed E-state index contributed by atoms with van der Waals surface area (Å²) in [4.78, 5) is 12.6. The lowest BCUT2D eigenvalue weighted by Crippen LogP contribution is -2.07. The molecular weight excluding hydrogens is 334 g/mol. The van der Waals surface area contributed by atoms with Gasteiger partial charge in [0.25, 0.3) is 0 Å². The van der Waals surface area contributed by atoms with E-state index in [-0.39, 0.29) is 5.78 Å². The molecule has 110 valence electrons. The Labute approximate surface area is 132 Å². The van der Waals surface area contributed by atoms with E-state index < -0.39 is 0 Å². The summed E-state index contributed by atoms with van der Waals surface area (Å²) >= 11 is 3.38. The minimum absolute atomic E-state index is 0.144. The molecular formula is C16H16BrNO3. The summed E-state index contributed by atoms with van der Waals surface area (Å²) in [6.45, 7) is 2.30. The van der Waals surface area contributed by atoms with Gasteiger partial charge in [0.15, 0.2) is 11.5 Å². The molecule has 0 saturated carbocycles. The molecule has 4 nitrogen and oxygen atoms in total. The van der Waals surface area contributed by atoms with Gasteiger partial charge in [-0.05, 0) is 53.2 Å².